The molecule has 3 heteroatoms. The number of hydrogen-bond donors (Lipinski definition) is 1. The Kier molecular flexibility index (Phi) is 2.02. The average Bonchev–Trinajstić information content (AvgIpc) is 2.50. The van der Waals surface area contributed by atoms with Crippen LogP contribution < -0.4 is 5.73 Å². The maximum atomic E-state index is 5.54. The largest absolute Gasteiger partial charge is 0.330 e. The summed E-state index contributed by atoms with van der Waals surface area (Å²) in [7, 11) is 0. The molecule has 0 aliphatic rings. The molecule has 3 nitrogen and oxygen atoms in total. The van der Waals surface area contributed by atoms with Gasteiger partial charge in [0.2, 0.25) is 0 Å². The number of nitrogens with two attached hydrogens (primary N) is 1. The standard InChI is InChI=1S/C10H13N3/c1-8-12-7-10-4-2-3-9(5-6-11)13(8)10/h2-4,7H,5-6,11H2,1H3. The number of pyridine rings is 1. The zero-order valence-corrected chi connectivity index (χ0v) is 7.70. The van der Waals surface area contributed by atoms with Crippen LogP contribution in [0.3, 0.4) is 0 Å². The fraction of sp³-hybridized carbons (Fsp3) is 0.300. The smallest absolute Gasteiger partial charge is 0.110 e. The molecule has 2 aromatic heterocycles. The lowest BCUT2D eigenvalue weighted by molar-refractivity contribution is 0.873. The molecule has 0 spiro atoms. The third-order valence-corrected chi connectivity index (χ3v) is 2.21. The van der Waals surface area contributed by atoms with Gasteiger partial charge in [-0.25, -0.2) is 4.98 Å². The minimum atomic E-state index is 0.677. The summed E-state index contributed by atoms with van der Waals surface area (Å²) in [6.45, 7) is 2.68. The summed E-state index contributed by atoms with van der Waals surface area (Å²) >= 11 is 0. The highest BCUT2D eigenvalue weighted by Gasteiger charge is 2.02. The predicted octanol–water partition coefficient (Wildman–Crippen LogP) is 1.14. The van der Waals surface area contributed by atoms with E-state index < -0.39 is 0 Å². The van der Waals surface area contributed by atoms with Crippen LogP contribution in [0.25, 0.3) is 5.52 Å². The molecule has 2 aromatic rings. The van der Waals surface area contributed by atoms with Gasteiger partial charge in [0.25, 0.3) is 0 Å². The monoisotopic (exact) mass is 175 g/mol. The van der Waals surface area contributed by atoms with Crippen molar-refractivity contribution >= 4 is 5.52 Å². The molecule has 0 fully saturated rings. The Morgan fingerprint density at radius 2 is 2.31 bits per heavy atom. The quantitative estimate of drug-likeness (QED) is 0.744. The molecular formula is C10H13N3. The van der Waals surface area contributed by atoms with E-state index >= 15 is 0 Å². The minimum absolute atomic E-state index is 0.677. The van der Waals surface area contributed by atoms with Gasteiger partial charge in [-0.1, -0.05) is 6.07 Å². The lowest BCUT2D eigenvalue weighted by Crippen LogP contribution is -2.07. The Morgan fingerprint density at radius 1 is 1.46 bits per heavy atom. The lowest BCUT2D eigenvalue weighted by atomic mass is 10.2. The second-order valence-electron chi connectivity index (χ2n) is 3.12. The van der Waals surface area contributed by atoms with E-state index in [1.807, 2.05) is 19.2 Å². The first-order valence-corrected chi connectivity index (χ1v) is 4.45. The maximum Gasteiger partial charge on any atom is 0.110 e. The molecule has 2 rings (SSSR count). The summed E-state index contributed by atoms with van der Waals surface area (Å²) < 4.78 is 2.15. The lowest BCUT2D eigenvalue weighted by Gasteiger charge is -2.04. The van der Waals surface area contributed by atoms with Crippen LogP contribution in [-0.2, 0) is 6.42 Å². The summed E-state index contributed by atoms with van der Waals surface area (Å²) in [5.74, 6) is 1.03. The van der Waals surface area contributed by atoms with Gasteiger partial charge in [-0.2, -0.15) is 0 Å². The van der Waals surface area contributed by atoms with E-state index in [2.05, 4.69) is 21.5 Å². The molecule has 0 bridgehead atoms. The van der Waals surface area contributed by atoms with E-state index in [1.165, 1.54) is 5.69 Å². The van der Waals surface area contributed by atoms with E-state index in [-0.39, 0.29) is 0 Å². The first kappa shape index (κ1) is 8.26. The fourth-order valence-corrected chi connectivity index (χ4v) is 1.63. The Hall–Kier alpha value is -1.35. The number of aryl methyl sites for hydroxylation is 1. The van der Waals surface area contributed by atoms with Crippen molar-refractivity contribution in [3.05, 3.63) is 35.9 Å². The number of hydrogen-bond acceptors (Lipinski definition) is 2. The summed E-state index contributed by atoms with van der Waals surface area (Å²) in [6.07, 6.45) is 2.78. The van der Waals surface area contributed by atoms with Gasteiger partial charge in [0, 0.05) is 12.1 Å². The molecule has 2 heterocycles. The number of fused-ring (bicyclic) bond motifs is 1. The highest BCUT2D eigenvalue weighted by atomic mass is 15.0. The van der Waals surface area contributed by atoms with E-state index in [0.29, 0.717) is 6.54 Å². The Bertz CT molecular complexity index is 417. The fourth-order valence-electron chi connectivity index (χ4n) is 1.63. The van der Waals surface area contributed by atoms with E-state index in [1.54, 1.807) is 0 Å². The second kappa shape index (κ2) is 3.18. The topological polar surface area (TPSA) is 43.3 Å². The van der Waals surface area contributed by atoms with E-state index in [4.69, 9.17) is 5.73 Å². The Labute approximate surface area is 77.2 Å². The van der Waals surface area contributed by atoms with Gasteiger partial charge in [-0.05, 0) is 25.6 Å². The van der Waals surface area contributed by atoms with Crippen molar-refractivity contribution in [1.82, 2.24) is 9.38 Å². The highest BCUT2D eigenvalue weighted by Crippen LogP contribution is 2.10. The summed E-state index contributed by atoms with van der Waals surface area (Å²) in [5.41, 5.74) is 7.91. The zero-order valence-electron chi connectivity index (χ0n) is 7.70. The third kappa shape index (κ3) is 1.31. The van der Waals surface area contributed by atoms with Crippen LogP contribution >= 0.6 is 0 Å². The molecule has 0 unspecified atom stereocenters. The van der Waals surface area contributed by atoms with Crippen LogP contribution in [0.15, 0.2) is 24.4 Å². The highest BCUT2D eigenvalue weighted by molar-refractivity contribution is 5.47. The molecule has 68 valence electrons. The molecule has 0 saturated heterocycles. The first-order chi connectivity index (χ1) is 6.33. The molecule has 0 amide bonds. The minimum Gasteiger partial charge on any atom is -0.330 e. The molecule has 0 aliphatic carbocycles. The maximum absolute atomic E-state index is 5.54. The van der Waals surface area contributed by atoms with E-state index in [0.717, 1.165) is 17.8 Å². The van der Waals surface area contributed by atoms with Crippen molar-refractivity contribution < 1.29 is 0 Å². The average molecular weight is 175 g/mol. The third-order valence-electron chi connectivity index (χ3n) is 2.21. The SMILES string of the molecule is Cc1ncc2cccc(CCN)n12. The Balaban J connectivity index is 2.65. The molecule has 0 saturated carbocycles. The summed E-state index contributed by atoms with van der Waals surface area (Å²) in [4.78, 5) is 4.26. The summed E-state index contributed by atoms with van der Waals surface area (Å²) in [5, 5.41) is 0. The first-order valence-electron chi connectivity index (χ1n) is 4.45. The number of rotatable bonds is 2. The van der Waals surface area contributed by atoms with Crippen LogP contribution in [0.2, 0.25) is 0 Å². The van der Waals surface area contributed by atoms with Gasteiger partial charge < -0.3 is 10.1 Å². The van der Waals surface area contributed by atoms with Crippen molar-refractivity contribution in [3.8, 4) is 0 Å². The van der Waals surface area contributed by atoms with Gasteiger partial charge in [0.15, 0.2) is 0 Å². The molecule has 0 aromatic carbocycles. The number of imidazole rings is 1. The van der Waals surface area contributed by atoms with Crippen molar-refractivity contribution in [2.45, 2.75) is 13.3 Å². The van der Waals surface area contributed by atoms with Crippen molar-refractivity contribution in [3.63, 3.8) is 0 Å². The molecule has 13 heavy (non-hydrogen) atoms. The summed E-state index contributed by atoms with van der Waals surface area (Å²) in [6, 6.07) is 6.19. The number of nitrogens with zero attached hydrogens (tertiary/aromatic N) is 2. The van der Waals surface area contributed by atoms with Crippen LogP contribution in [-0.4, -0.2) is 15.9 Å². The van der Waals surface area contributed by atoms with Gasteiger partial charge in [0.1, 0.15) is 5.82 Å². The molecule has 0 atom stereocenters. The predicted molar refractivity (Wildman–Crippen MR) is 52.7 cm³/mol. The second-order valence-corrected chi connectivity index (χ2v) is 3.12. The normalized spacial score (nSPS) is 10.9. The molecule has 0 aliphatic heterocycles. The molecular weight excluding hydrogens is 162 g/mol. The van der Waals surface area contributed by atoms with Gasteiger partial charge in [-0.15, -0.1) is 0 Å². The van der Waals surface area contributed by atoms with Crippen LogP contribution in [0, 0.1) is 6.92 Å². The molecule has 2 N–H and O–H groups in total. The van der Waals surface area contributed by atoms with Crippen molar-refractivity contribution in [2.75, 3.05) is 6.54 Å². The molecule has 0 radical (unpaired) electrons. The van der Waals surface area contributed by atoms with Crippen molar-refractivity contribution in [1.29, 1.82) is 0 Å². The van der Waals surface area contributed by atoms with Gasteiger partial charge in [-0.3, -0.25) is 0 Å². The number of aromatic nitrogens is 2. The van der Waals surface area contributed by atoms with Crippen LogP contribution in [0.4, 0.5) is 0 Å². The Morgan fingerprint density at radius 3 is 3.08 bits per heavy atom. The van der Waals surface area contributed by atoms with Crippen LogP contribution in [0.1, 0.15) is 11.5 Å². The van der Waals surface area contributed by atoms with Gasteiger partial charge >= 0.3 is 0 Å². The van der Waals surface area contributed by atoms with Crippen molar-refractivity contribution in [2.24, 2.45) is 5.73 Å². The van der Waals surface area contributed by atoms with Gasteiger partial charge in [0.05, 0.1) is 11.7 Å². The zero-order chi connectivity index (χ0) is 9.26. The van der Waals surface area contributed by atoms with Crippen LogP contribution in [0.5, 0.6) is 0 Å². The van der Waals surface area contributed by atoms with E-state index in [9.17, 15) is 0 Å².